The summed E-state index contributed by atoms with van der Waals surface area (Å²) in [5.74, 6) is -0.870. The molecule has 3 aliphatic rings. The highest BCUT2D eigenvalue weighted by atomic mass is 32.2. The molecule has 8 nitrogen and oxygen atoms in total. The van der Waals surface area contributed by atoms with Crippen LogP contribution in [0, 0.1) is 6.92 Å². The summed E-state index contributed by atoms with van der Waals surface area (Å²) < 4.78 is 40.5. The molecule has 0 bridgehead atoms. The maximum atomic E-state index is 12.5. The van der Waals surface area contributed by atoms with Crippen molar-refractivity contribution in [1.29, 1.82) is 0 Å². The maximum absolute atomic E-state index is 12.5. The van der Waals surface area contributed by atoms with Gasteiger partial charge in [-0.3, -0.25) is 9.55 Å². The van der Waals surface area contributed by atoms with Gasteiger partial charge in [-0.1, -0.05) is 23.8 Å². The highest BCUT2D eigenvalue weighted by Gasteiger charge is 2.36. The Kier molecular flexibility index (Phi) is 6.22. The lowest BCUT2D eigenvalue weighted by atomic mass is 9.79. The van der Waals surface area contributed by atoms with Crippen LogP contribution in [0.25, 0.3) is 11.1 Å². The summed E-state index contributed by atoms with van der Waals surface area (Å²) in [6.45, 7) is 12.0. The largest absolute Gasteiger partial charge is 0.478 e. The van der Waals surface area contributed by atoms with Crippen LogP contribution >= 0.6 is 0 Å². The van der Waals surface area contributed by atoms with Gasteiger partial charge in [0, 0.05) is 51.2 Å². The predicted octanol–water partition coefficient (Wildman–Crippen LogP) is 5.43. The van der Waals surface area contributed by atoms with Gasteiger partial charge >= 0.3 is 5.97 Å². The van der Waals surface area contributed by atoms with Crippen LogP contribution in [0.5, 0.6) is 11.5 Å². The first-order valence-corrected chi connectivity index (χ1v) is 15.5. The average molecular weight is 587 g/mol. The average Bonchev–Trinajstić information content (AvgIpc) is 2.83. The van der Waals surface area contributed by atoms with Crippen LogP contribution in [0.1, 0.15) is 85.1 Å². The zero-order chi connectivity index (χ0) is 30.4. The van der Waals surface area contributed by atoms with Crippen molar-refractivity contribution in [3.63, 3.8) is 0 Å². The first kappa shape index (κ1) is 28.2. The minimum absolute atomic E-state index is 0.150. The summed E-state index contributed by atoms with van der Waals surface area (Å²) in [6, 6.07) is 12.9. The lowest BCUT2D eigenvalue weighted by molar-refractivity contribution is 0.0696. The smallest absolute Gasteiger partial charge is 0.336 e. The van der Waals surface area contributed by atoms with Gasteiger partial charge in [0.2, 0.25) is 0 Å². The molecule has 3 aromatic rings. The number of benzene rings is 3. The van der Waals surface area contributed by atoms with E-state index < -0.39 is 33.3 Å². The molecule has 0 aromatic heterocycles. The van der Waals surface area contributed by atoms with Crippen LogP contribution in [0.4, 0.5) is 5.69 Å². The molecule has 218 valence electrons. The molecule has 6 rings (SSSR count). The second-order valence-corrected chi connectivity index (χ2v) is 14.4. The molecule has 0 amide bonds. The second kappa shape index (κ2) is 9.28. The molecule has 0 saturated carbocycles. The Morgan fingerprint density at radius 3 is 2.45 bits per heavy atom. The van der Waals surface area contributed by atoms with E-state index in [0.717, 1.165) is 32.8 Å². The highest BCUT2D eigenvalue weighted by molar-refractivity contribution is 7.85. The van der Waals surface area contributed by atoms with Gasteiger partial charge in [0.05, 0.1) is 22.2 Å². The van der Waals surface area contributed by atoms with Crippen LogP contribution in [-0.2, 0) is 10.1 Å². The summed E-state index contributed by atoms with van der Waals surface area (Å²) in [6.07, 6.45) is 2.59. The van der Waals surface area contributed by atoms with Crippen molar-refractivity contribution >= 4 is 32.9 Å². The minimum atomic E-state index is -4.26. The first-order valence-electron chi connectivity index (χ1n) is 13.9. The van der Waals surface area contributed by atoms with E-state index in [1.807, 2.05) is 71.9 Å². The van der Waals surface area contributed by atoms with Crippen molar-refractivity contribution < 1.29 is 27.6 Å². The van der Waals surface area contributed by atoms with Crippen molar-refractivity contribution in [1.82, 2.24) is 0 Å². The number of carboxylic acid groups (broad SMARTS) is 1. The second-order valence-electron chi connectivity index (χ2n) is 12.9. The number of nitrogens with zero attached hydrogens (tertiary/aromatic N) is 1. The number of allylic oxidation sites excluding steroid dienone is 1. The van der Waals surface area contributed by atoms with Crippen LogP contribution in [0.15, 0.2) is 53.5 Å². The van der Waals surface area contributed by atoms with E-state index in [2.05, 4.69) is 11.4 Å². The van der Waals surface area contributed by atoms with E-state index in [-0.39, 0.29) is 11.1 Å². The molecular formula is C33H34N2O6S. The summed E-state index contributed by atoms with van der Waals surface area (Å²) in [5.41, 5.74) is 5.56. The summed E-state index contributed by atoms with van der Waals surface area (Å²) >= 11 is 0. The minimum Gasteiger partial charge on any atom is -0.478 e. The first-order chi connectivity index (χ1) is 19.5. The molecule has 1 unspecified atom stereocenters. The van der Waals surface area contributed by atoms with E-state index >= 15 is 0 Å². The number of fused-ring (bicyclic) bond motifs is 4. The van der Waals surface area contributed by atoms with Crippen molar-refractivity contribution in [2.75, 3.05) is 11.1 Å². The van der Waals surface area contributed by atoms with Crippen molar-refractivity contribution in [2.24, 2.45) is 4.99 Å². The Bertz CT molecular complexity index is 1970. The number of hydrogen-bond donors (Lipinski definition) is 3. The number of anilines is 1. The normalized spacial score (nSPS) is 19.5. The molecule has 3 heterocycles. The molecule has 0 spiro atoms. The predicted molar refractivity (Wildman–Crippen MR) is 163 cm³/mol. The topological polar surface area (TPSA) is 125 Å². The quantitative estimate of drug-likeness (QED) is 0.273. The highest BCUT2D eigenvalue weighted by Crippen LogP contribution is 2.47. The fraction of sp³-hybridized carbons (Fsp3) is 0.333. The number of hydrogen-bond acceptors (Lipinski definition) is 6. The van der Waals surface area contributed by atoms with Gasteiger partial charge in [0.15, 0.2) is 0 Å². The Morgan fingerprint density at radius 2 is 1.76 bits per heavy atom. The SMILES string of the molecule is CC1=CC(C)(C)N=c2cc3c(cc21)=C(c1cc(C)ccc1C(=O)O)c1cc2c(cc1O3)NC(C)(C)CC2CS(=O)(=O)O. The molecule has 0 saturated heterocycles. The van der Waals surface area contributed by atoms with Gasteiger partial charge < -0.3 is 15.2 Å². The Balaban J connectivity index is 1.72. The van der Waals surface area contributed by atoms with Crippen molar-refractivity contribution in [3.8, 4) is 11.5 Å². The Morgan fingerprint density at radius 1 is 1.02 bits per heavy atom. The van der Waals surface area contributed by atoms with Crippen molar-refractivity contribution in [3.05, 3.63) is 92.5 Å². The summed E-state index contributed by atoms with van der Waals surface area (Å²) in [5, 5.41) is 15.3. The van der Waals surface area contributed by atoms with Gasteiger partial charge in [-0.25, -0.2) is 4.79 Å². The summed E-state index contributed by atoms with van der Waals surface area (Å²) in [7, 11) is -4.26. The number of ether oxygens (including phenoxy) is 1. The number of nitrogens with one attached hydrogen (secondary N) is 1. The lowest BCUT2D eigenvalue weighted by Crippen LogP contribution is -2.39. The molecule has 9 heteroatoms. The molecule has 0 fully saturated rings. The molecule has 0 radical (unpaired) electrons. The molecule has 42 heavy (non-hydrogen) atoms. The Labute approximate surface area is 245 Å². The van der Waals surface area contributed by atoms with Crippen molar-refractivity contribution in [2.45, 2.75) is 65.0 Å². The third-order valence-electron chi connectivity index (χ3n) is 8.17. The number of carbonyl (C=O) groups is 1. The van der Waals surface area contributed by atoms with Gasteiger partial charge in [0.25, 0.3) is 10.1 Å². The van der Waals surface area contributed by atoms with Gasteiger partial charge in [-0.15, -0.1) is 0 Å². The Hall–Kier alpha value is -3.95. The van der Waals surface area contributed by atoms with Gasteiger partial charge in [-0.05, 0) is 82.9 Å². The number of rotatable bonds is 4. The third kappa shape index (κ3) is 5.01. The van der Waals surface area contributed by atoms with E-state index in [9.17, 15) is 22.9 Å². The number of aryl methyl sites for hydroxylation is 1. The fourth-order valence-electron chi connectivity index (χ4n) is 6.68. The van der Waals surface area contributed by atoms with Crippen LogP contribution in [-0.4, -0.2) is 40.9 Å². The third-order valence-corrected chi connectivity index (χ3v) is 8.99. The molecule has 0 aliphatic carbocycles. The number of aromatic carboxylic acids is 1. The lowest BCUT2D eigenvalue weighted by Gasteiger charge is -2.39. The van der Waals surface area contributed by atoms with Gasteiger partial charge in [0.1, 0.15) is 11.5 Å². The van der Waals surface area contributed by atoms with Crippen LogP contribution < -0.4 is 20.6 Å². The van der Waals surface area contributed by atoms with E-state index in [1.54, 1.807) is 12.1 Å². The zero-order valence-corrected chi connectivity index (χ0v) is 25.3. The molecule has 1 atom stereocenters. The monoisotopic (exact) mass is 586 g/mol. The van der Waals surface area contributed by atoms with Crippen LogP contribution in [0.2, 0.25) is 0 Å². The fourth-order valence-corrected chi connectivity index (χ4v) is 7.49. The van der Waals surface area contributed by atoms with Crippen LogP contribution in [0.3, 0.4) is 0 Å². The molecular weight excluding hydrogens is 552 g/mol. The molecule has 3 aliphatic heterocycles. The van der Waals surface area contributed by atoms with E-state index in [0.29, 0.717) is 40.3 Å². The van der Waals surface area contributed by atoms with E-state index in [4.69, 9.17) is 9.73 Å². The standard InChI is InChI=1S/C33H34N2O6S/c1-17-7-8-20(31(36)37)23(9-17)30-24-10-21-18(2)14-32(3,4)34-26(21)12-28(24)41-29-13-27-22(11-25(29)30)19(16-42(38,39)40)15-33(5,6)35-27/h7-14,19,35H,15-16H2,1-6H3,(H,36,37)(H,38,39,40). The number of carboxylic acids is 1. The van der Waals surface area contributed by atoms with Gasteiger partial charge in [-0.2, -0.15) is 8.42 Å². The molecule has 3 N–H and O–H groups in total. The zero-order valence-electron chi connectivity index (χ0n) is 24.5. The summed E-state index contributed by atoms with van der Waals surface area (Å²) in [4.78, 5) is 17.4. The maximum Gasteiger partial charge on any atom is 0.336 e. The van der Waals surface area contributed by atoms with E-state index in [1.165, 1.54) is 0 Å². The molecule has 3 aromatic carbocycles.